The Labute approximate surface area is 290 Å². The maximum absolute atomic E-state index is 5.21. The van der Waals surface area contributed by atoms with Gasteiger partial charge in [-0.25, -0.2) is 19.9 Å². The molecule has 0 atom stereocenters. The summed E-state index contributed by atoms with van der Waals surface area (Å²) < 4.78 is 0. The normalized spacial score (nSPS) is 11.2. The van der Waals surface area contributed by atoms with Crippen molar-refractivity contribution in [1.29, 1.82) is 0 Å². The van der Waals surface area contributed by atoms with Gasteiger partial charge in [-0.2, -0.15) is 0 Å². The molecule has 2 aromatic heterocycles. The van der Waals surface area contributed by atoms with Crippen LogP contribution in [0.3, 0.4) is 0 Å². The quantitative estimate of drug-likeness (QED) is 0.170. The second kappa shape index (κ2) is 12.7. The maximum atomic E-state index is 5.21. The van der Waals surface area contributed by atoms with Gasteiger partial charge in [-0.1, -0.05) is 133 Å². The molecule has 0 unspecified atom stereocenters. The monoisotopic (exact) mass is 638 g/mol. The Hall–Kier alpha value is -6.78. The van der Waals surface area contributed by atoms with E-state index in [2.05, 4.69) is 137 Å². The molecule has 0 amide bonds. The minimum atomic E-state index is 0.677. The largest absolute Gasteiger partial charge is 0.244 e. The number of nitrogens with zero attached hydrogens (tertiary/aromatic N) is 4. The first-order valence-corrected chi connectivity index (χ1v) is 16.7. The zero-order chi connectivity index (χ0) is 33.3. The highest BCUT2D eigenvalue weighted by atomic mass is 14.9. The fourth-order valence-corrected chi connectivity index (χ4v) is 6.77. The molecule has 0 aliphatic carbocycles. The van der Waals surface area contributed by atoms with Gasteiger partial charge in [-0.15, -0.1) is 0 Å². The number of rotatable bonds is 6. The number of fused-ring (bicyclic) bond motifs is 3. The van der Waals surface area contributed by atoms with Crippen LogP contribution in [0.5, 0.6) is 0 Å². The van der Waals surface area contributed by atoms with Crippen LogP contribution in [0, 0.1) is 0 Å². The highest BCUT2D eigenvalue weighted by Crippen LogP contribution is 2.39. The molecule has 0 saturated heterocycles. The van der Waals surface area contributed by atoms with Gasteiger partial charge in [0.2, 0.25) is 0 Å². The van der Waals surface area contributed by atoms with Crippen molar-refractivity contribution in [2.24, 2.45) is 0 Å². The number of hydrogen-bond acceptors (Lipinski definition) is 4. The molecule has 50 heavy (non-hydrogen) atoms. The van der Waals surface area contributed by atoms with Crippen LogP contribution < -0.4 is 0 Å². The van der Waals surface area contributed by atoms with Crippen molar-refractivity contribution < 1.29 is 0 Å². The fourth-order valence-electron chi connectivity index (χ4n) is 6.77. The van der Waals surface area contributed by atoms with Crippen molar-refractivity contribution in [3.63, 3.8) is 0 Å². The lowest BCUT2D eigenvalue weighted by Gasteiger charge is -2.15. The van der Waals surface area contributed by atoms with Crippen molar-refractivity contribution >= 4 is 21.5 Å². The van der Waals surface area contributed by atoms with E-state index in [1.54, 1.807) is 6.33 Å². The standard InChI is InChI=1S/C46H30N4/c1-3-11-33(12-4-1)44-27-45(34-13-5-2-6-14-34)50-46(49-44)38-24-36(31-19-21-32(22-20-31)39-28-47-30-48-29-39)23-37(25-38)43-26-35-15-7-8-16-40(35)41-17-9-10-18-42(41)43/h1-30H. The Morgan fingerprint density at radius 3 is 1.50 bits per heavy atom. The molecule has 0 spiro atoms. The molecule has 9 aromatic rings. The van der Waals surface area contributed by atoms with Crippen LogP contribution in [0.15, 0.2) is 183 Å². The average molecular weight is 639 g/mol. The Bertz CT molecular complexity index is 2560. The highest BCUT2D eigenvalue weighted by Gasteiger charge is 2.16. The highest BCUT2D eigenvalue weighted by molar-refractivity contribution is 6.14. The molecule has 7 aromatic carbocycles. The summed E-state index contributed by atoms with van der Waals surface area (Å²) in [5, 5.41) is 4.89. The maximum Gasteiger partial charge on any atom is 0.160 e. The lowest BCUT2D eigenvalue weighted by atomic mass is 9.90. The van der Waals surface area contributed by atoms with E-state index >= 15 is 0 Å². The van der Waals surface area contributed by atoms with E-state index in [9.17, 15) is 0 Å². The zero-order valence-corrected chi connectivity index (χ0v) is 27.1. The van der Waals surface area contributed by atoms with E-state index in [-0.39, 0.29) is 0 Å². The topological polar surface area (TPSA) is 51.6 Å². The summed E-state index contributed by atoms with van der Waals surface area (Å²) in [6, 6.07) is 57.7. The Morgan fingerprint density at radius 1 is 0.320 bits per heavy atom. The SMILES string of the molecule is c1ccc(-c2cc(-c3ccccc3)nc(-c3cc(-c4ccc(-c5cncnc5)cc4)cc(-c4cc5ccccc5c5ccccc45)c3)n2)cc1. The summed E-state index contributed by atoms with van der Waals surface area (Å²) in [5.41, 5.74) is 11.3. The third-order valence-corrected chi connectivity index (χ3v) is 9.25. The zero-order valence-electron chi connectivity index (χ0n) is 27.1. The van der Waals surface area contributed by atoms with Crippen LogP contribution in [0.1, 0.15) is 0 Å². The number of hydrogen-bond donors (Lipinski definition) is 0. The van der Waals surface area contributed by atoms with Gasteiger partial charge < -0.3 is 0 Å². The first-order chi connectivity index (χ1) is 24.8. The Morgan fingerprint density at radius 2 is 0.840 bits per heavy atom. The van der Waals surface area contributed by atoms with Crippen molar-refractivity contribution in [3.8, 4) is 67.3 Å². The minimum absolute atomic E-state index is 0.677. The van der Waals surface area contributed by atoms with Crippen molar-refractivity contribution in [3.05, 3.63) is 183 Å². The molecule has 0 aliphatic heterocycles. The summed E-state index contributed by atoms with van der Waals surface area (Å²) in [4.78, 5) is 18.8. The molecular formula is C46H30N4. The first kappa shape index (κ1) is 29.4. The van der Waals surface area contributed by atoms with Gasteiger partial charge in [0.05, 0.1) is 11.4 Å². The van der Waals surface area contributed by atoms with E-state index in [0.29, 0.717) is 5.82 Å². The third kappa shape index (κ3) is 5.59. The lowest BCUT2D eigenvalue weighted by Crippen LogP contribution is -1.97. The van der Waals surface area contributed by atoms with Gasteiger partial charge in [-0.05, 0) is 79.7 Å². The molecule has 234 valence electrons. The van der Waals surface area contributed by atoms with E-state index < -0.39 is 0 Å². The van der Waals surface area contributed by atoms with Crippen LogP contribution in [0.2, 0.25) is 0 Å². The summed E-state index contributed by atoms with van der Waals surface area (Å²) in [6.45, 7) is 0. The van der Waals surface area contributed by atoms with Crippen LogP contribution in [0.4, 0.5) is 0 Å². The van der Waals surface area contributed by atoms with E-state index in [1.165, 1.54) is 27.1 Å². The average Bonchev–Trinajstić information content (AvgIpc) is 3.21. The molecule has 0 saturated carbocycles. The fraction of sp³-hybridized carbons (Fsp3) is 0. The molecule has 9 rings (SSSR count). The molecule has 0 bridgehead atoms. The van der Waals surface area contributed by atoms with Gasteiger partial charge in [0.15, 0.2) is 5.82 Å². The smallest absolute Gasteiger partial charge is 0.160 e. The molecule has 0 aliphatic rings. The second-order valence-electron chi connectivity index (χ2n) is 12.4. The van der Waals surface area contributed by atoms with E-state index in [1.807, 2.05) is 48.8 Å². The van der Waals surface area contributed by atoms with Gasteiger partial charge in [-0.3, -0.25) is 0 Å². The Kier molecular flexibility index (Phi) is 7.45. The van der Waals surface area contributed by atoms with Crippen LogP contribution >= 0.6 is 0 Å². The molecule has 4 heteroatoms. The van der Waals surface area contributed by atoms with Crippen molar-refractivity contribution in [1.82, 2.24) is 19.9 Å². The second-order valence-corrected chi connectivity index (χ2v) is 12.4. The first-order valence-electron chi connectivity index (χ1n) is 16.7. The van der Waals surface area contributed by atoms with Crippen molar-refractivity contribution in [2.75, 3.05) is 0 Å². The summed E-state index contributed by atoms with van der Waals surface area (Å²) in [7, 11) is 0. The summed E-state index contributed by atoms with van der Waals surface area (Å²) >= 11 is 0. The molecular weight excluding hydrogens is 609 g/mol. The predicted molar refractivity (Wildman–Crippen MR) is 205 cm³/mol. The summed E-state index contributed by atoms with van der Waals surface area (Å²) in [6.07, 6.45) is 5.24. The van der Waals surface area contributed by atoms with Gasteiger partial charge in [0, 0.05) is 34.6 Å². The number of benzene rings is 7. The minimum Gasteiger partial charge on any atom is -0.244 e. The van der Waals surface area contributed by atoms with Gasteiger partial charge in [0.25, 0.3) is 0 Å². The number of aromatic nitrogens is 4. The predicted octanol–water partition coefficient (Wildman–Crippen LogP) is 11.6. The third-order valence-electron chi connectivity index (χ3n) is 9.25. The molecule has 0 N–H and O–H groups in total. The van der Waals surface area contributed by atoms with E-state index in [0.717, 1.165) is 55.9 Å². The van der Waals surface area contributed by atoms with Crippen LogP contribution in [0.25, 0.3) is 88.8 Å². The van der Waals surface area contributed by atoms with Gasteiger partial charge >= 0.3 is 0 Å². The molecule has 0 radical (unpaired) electrons. The lowest BCUT2D eigenvalue weighted by molar-refractivity contribution is 1.17. The molecule has 4 nitrogen and oxygen atoms in total. The summed E-state index contributed by atoms with van der Waals surface area (Å²) in [5.74, 6) is 0.677. The van der Waals surface area contributed by atoms with Crippen LogP contribution in [-0.4, -0.2) is 19.9 Å². The Balaban J connectivity index is 1.28. The van der Waals surface area contributed by atoms with Crippen molar-refractivity contribution in [2.45, 2.75) is 0 Å². The van der Waals surface area contributed by atoms with E-state index in [4.69, 9.17) is 9.97 Å². The molecule has 2 heterocycles. The van der Waals surface area contributed by atoms with Crippen LogP contribution in [-0.2, 0) is 0 Å². The molecule has 0 fully saturated rings. The van der Waals surface area contributed by atoms with Gasteiger partial charge in [0.1, 0.15) is 6.33 Å².